The summed E-state index contributed by atoms with van der Waals surface area (Å²) in [5.74, 6) is 1.53. The predicted molar refractivity (Wildman–Crippen MR) is 120 cm³/mol. The number of carbonyl (C=O) groups excluding carboxylic acids is 1. The molecule has 164 valence electrons. The summed E-state index contributed by atoms with van der Waals surface area (Å²) in [4.78, 5) is 27.6. The van der Waals surface area contributed by atoms with E-state index in [-0.39, 0.29) is 11.5 Å². The van der Waals surface area contributed by atoms with Gasteiger partial charge in [-0.2, -0.15) is 0 Å². The Morgan fingerprint density at radius 2 is 1.97 bits per heavy atom. The summed E-state index contributed by atoms with van der Waals surface area (Å²) in [6, 6.07) is 3.69. The quantitative estimate of drug-likeness (QED) is 0.689. The topological polar surface area (TPSA) is 58.0 Å². The lowest BCUT2D eigenvalue weighted by Crippen LogP contribution is -2.42. The van der Waals surface area contributed by atoms with E-state index in [9.17, 15) is 4.79 Å². The van der Waals surface area contributed by atoms with Crippen LogP contribution in [0.4, 0.5) is 5.82 Å². The monoisotopic (exact) mass is 432 g/mol. The van der Waals surface area contributed by atoms with Gasteiger partial charge in [0.05, 0.1) is 5.02 Å². The molecule has 0 N–H and O–H groups in total. The highest BCUT2D eigenvalue weighted by Gasteiger charge is 2.46. The normalized spacial score (nSPS) is 27.6. The van der Waals surface area contributed by atoms with Crippen LogP contribution in [0.3, 0.4) is 0 Å². The van der Waals surface area contributed by atoms with Crippen LogP contribution in [0.5, 0.6) is 0 Å². The third-order valence-corrected chi connectivity index (χ3v) is 7.32. The average molecular weight is 433 g/mol. The molecule has 1 aliphatic carbocycles. The minimum atomic E-state index is -0.258. The molecule has 30 heavy (non-hydrogen) atoms. The molecule has 1 spiro atoms. The van der Waals surface area contributed by atoms with Crippen LogP contribution in [-0.4, -0.2) is 53.3 Å². The van der Waals surface area contributed by atoms with Crippen LogP contribution in [0.1, 0.15) is 59.3 Å². The highest BCUT2D eigenvalue weighted by molar-refractivity contribution is 6.39. The average Bonchev–Trinajstić information content (AvgIpc) is 2.96. The molecule has 1 aromatic heterocycles. The van der Waals surface area contributed by atoms with Crippen LogP contribution in [0.25, 0.3) is 0 Å². The van der Waals surface area contributed by atoms with Gasteiger partial charge in [-0.15, -0.1) is 0 Å². The van der Waals surface area contributed by atoms with Gasteiger partial charge in [-0.3, -0.25) is 4.79 Å². The fourth-order valence-corrected chi connectivity index (χ4v) is 5.28. The molecule has 0 atom stereocenters. The number of hydrogen-bond donors (Lipinski definition) is 0. The van der Waals surface area contributed by atoms with Crippen LogP contribution >= 0.6 is 11.6 Å². The molecule has 0 unspecified atom stereocenters. The lowest BCUT2D eigenvalue weighted by Gasteiger charge is -2.40. The maximum Gasteiger partial charge on any atom is 0.271 e. The van der Waals surface area contributed by atoms with Crippen LogP contribution in [0.15, 0.2) is 23.5 Å². The molecule has 6 nitrogen and oxygen atoms in total. The third kappa shape index (κ3) is 4.43. The lowest BCUT2D eigenvalue weighted by atomic mass is 9.67. The first-order chi connectivity index (χ1) is 14.3. The van der Waals surface area contributed by atoms with Crippen LogP contribution in [0.2, 0.25) is 5.02 Å². The molecule has 2 fully saturated rings. The van der Waals surface area contributed by atoms with E-state index in [4.69, 9.17) is 16.4 Å². The molecule has 1 amide bonds. The highest BCUT2D eigenvalue weighted by atomic mass is 35.5. The van der Waals surface area contributed by atoms with Crippen molar-refractivity contribution >= 4 is 29.0 Å². The van der Waals surface area contributed by atoms with E-state index in [0.717, 1.165) is 57.6 Å². The van der Waals surface area contributed by atoms with Gasteiger partial charge in [-0.25, -0.2) is 4.98 Å². The van der Waals surface area contributed by atoms with Gasteiger partial charge < -0.3 is 14.6 Å². The van der Waals surface area contributed by atoms with Crippen molar-refractivity contribution in [2.45, 2.75) is 64.9 Å². The number of nitrogens with zero attached hydrogens (tertiary/aromatic N) is 4. The molecule has 3 heterocycles. The Balaban J connectivity index is 1.34. The van der Waals surface area contributed by atoms with Gasteiger partial charge in [-0.1, -0.05) is 37.5 Å². The van der Waals surface area contributed by atoms with Crippen molar-refractivity contribution in [3.8, 4) is 0 Å². The van der Waals surface area contributed by atoms with Crippen LogP contribution in [0, 0.1) is 11.3 Å². The van der Waals surface area contributed by atoms with Gasteiger partial charge in [-0.05, 0) is 55.6 Å². The number of amides is 1. The number of carbonyl (C=O) groups is 1. The molecule has 1 saturated carbocycles. The fourth-order valence-electron chi connectivity index (χ4n) is 5.04. The van der Waals surface area contributed by atoms with E-state index in [1.807, 2.05) is 17.0 Å². The standard InChI is InChI=1S/C23H33ClN4O2/c1-22(2,3)17-7-9-23(10-8-17)16-19(26-30-23)21(29)28-13-5-12-27(14-15-28)20-18(24)6-4-11-25-20/h4,6,11,17H,5,7-10,12-16H2,1-3H3. The second-order valence-corrected chi connectivity index (χ2v) is 10.5. The molecule has 0 bridgehead atoms. The molecule has 7 heteroatoms. The highest BCUT2D eigenvalue weighted by Crippen LogP contribution is 2.46. The second-order valence-electron chi connectivity index (χ2n) is 10.1. The molecule has 0 aromatic carbocycles. The van der Waals surface area contributed by atoms with Crippen molar-refractivity contribution in [2.75, 3.05) is 31.1 Å². The minimum absolute atomic E-state index is 0.0267. The van der Waals surface area contributed by atoms with E-state index in [1.54, 1.807) is 6.20 Å². The number of hydrogen-bond acceptors (Lipinski definition) is 5. The first-order valence-corrected chi connectivity index (χ1v) is 11.6. The summed E-state index contributed by atoms with van der Waals surface area (Å²) in [5.41, 5.74) is 0.661. The third-order valence-electron chi connectivity index (χ3n) is 7.03. The zero-order valence-corrected chi connectivity index (χ0v) is 19.1. The largest absolute Gasteiger partial charge is 0.388 e. The van der Waals surface area contributed by atoms with E-state index in [0.29, 0.717) is 35.0 Å². The van der Waals surface area contributed by atoms with Crippen molar-refractivity contribution in [2.24, 2.45) is 16.5 Å². The number of anilines is 1. The van der Waals surface area contributed by atoms with Crippen molar-refractivity contribution < 1.29 is 9.63 Å². The minimum Gasteiger partial charge on any atom is -0.388 e. The van der Waals surface area contributed by atoms with Crippen LogP contribution < -0.4 is 4.90 Å². The molecule has 2 aliphatic heterocycles. The summed E-state index contributed by atoms with van der Waals surface area (Å²) < 4.78 is 0. The number of pyridine rings is 1. The zero-order valence-electron chi connectivity index (χ0n) is 18.4. The smallest absolute Gasteiger partial charge is 0.271 e. The number of aromatic nitrogens is 1. The molecule has 1 saturated heterocycles. The van der Waals surface area contributed by atoms with E-state index < -0.39 is 0 Å². The lowest BCUT2D eigenvalue weighted by molar-refractivity contribution is -0.124. The Labute approximate surface area is 184 Å². The van der Waals surface area contributed by atoms with Crippen molar-refractivity contribution in [1.29, 1.82) is 0 Å². The van der Waals surface area contributed by atoms with Gasteiger partial charge in [0, 0.05) is 38.8 Å². The van der Waals surface area contributed by atoms with Crippen molar-refractivity contribution in [3.63, 3.8) is 0 Å². The summed E-state index contributed by atoms with van der Waals surface area (Å²) >= 11 is 6.31. The first kappa shape index (κ1) is 21.4. The second kappa shape index (κ2) is 8.37. The molecule has 3 aliphatic rings. The number of halogens is 1. The van der Waals surface area contributed by atoms with E-state index in [2.05, 4.69) is 35.8 Å². The summed E-state index contributed by atoms with van der Waals surface area (Å²) in [6.07, 6.45) is 7.55. The molecular formula is C23H33ClN4O2. The maximum absolute atomic E-state index is 13.2. The zero-order chi connectivity index (χ0) is 21.4. The fraction of sp³-hybridized carbons (Fsp3) is 0.696. The van der Waals surface area contributed by atoms with Crippen LogP contribution in [-0.2, 0) is 9.63 Å². The Hall–Kier alpha value is -1.82. The Kier molecular flexibility index (Phi) is 5.97. The van der Waals surface area contributed by atoms with Gasteiger partial charge in [0.15, 0.2) is 0 Å². The van der Waals surface area contributed by atoms with Gasteiger partial charge in [0.25, 0.3) is 5.91 Å². The molecule has 1 aromatic rings. The SMILES string of the molecule is CC(C)(C)C1CCC2(CC1)CC(C(=O)N1CCCN(c3ncccc3Cl)CC1)=NO2. The molecule has 4 rings (SSSR count). The summed E-state index contributed by atoms with van der Waals surface area (Å²) in [5, 5.41) is 4.93. The Bertz CT molecular complexity index is 812. The Morgan fingerprint density at radius 1 is 1.20 bits per heavy atom. The summed E-state index contributed by atoms with van der Waals surface area (Å²) in [7, 11) is 0. The maximum atomic E-state index is 13.2. The van der Waals surface area contributed by atoms with Gasteiger partial charge in [0.1, 0.15) is 17.1 Å². The molecular weight excluding hydrogens is 400 g/mol. The predicted octanol–water partition coefficient (Wildman–Crippen LogP) is 4.53. The number of oxime groups is 1. The van der Waals surface area contributed by atoms with E-state index >= 15 is 0 Å². The van der Waals surface area contributed by atoms with Crippen molar-refractivity contribution in [3.05, 3.63) is 23.4 Å². The van der Waals surface area contributed by atoms with E-state index in [1.165, 1.54) is 0 Å². The van der Waals surface area contributed by atoms with Gasteiger partial charge in [0.2, 0.25) is 0 Å². The van der Waals surface area contributed by atoms with Crippen molar-refractivity contribution in [1.82, 2.24) is 9.88 Å². The first-order valence-electron chi connectivity index (χ1n) is 11.2. The Morgan fingerprint density at radius 3 is 2.67 bits per heavy atom. The number of rotatable bonds is 2. The van der Waals surface area contributed by atoms with Gasteiger partial charge >= 0.3 is 0 Å². The molecule has 0 radical (unpaired) electrons. The summed E-state index contributed by atoms with van der Waals surface area (Å²) in [6.45, 7) is 9.87.